The molecule has 0 radical (unpaired) electrons. The van der Waals surface area contributed by atoms with Crippen LogP contribution in [0.1, 0.15) is 78.1 Å². The first-order chi connectivity index (χ1) is 8.18. The molecule has 104 valence electrons. The molecule has 0 saturated heterocycles. The maximum Gasteiger partial charge on any atom is 0.210 e. The van der Waals surface area contributed by atoms with Crippen molar-refractivity contribution in [2.24, 2.45) is 0 Å². The van der Waals surface area contributed by atoms with Crippen molar-refractivity contribution in [2.45, 2.75) is 83.5 Å². The first-order valence-corrected chi connectivity index (χ1v) is 8.62. The second kappa shape index (κ2) is 12.7. The smallest absolute Gasteiger partial charge is 0.210 e. The summed E-state index contributed by atoms with van der Waals surface area (Å²) in [5.41, 5.74) is -0.659. The molecule has 0 saturated carbocycles. The molecule has 3 heteroatoms. The molecule has 0 heterocycles. The fourth-order valence-corrected chi connectivity index (χ4v) is 2.73. The van der Waals surface area contributed by atoms with Gasteiger partial charge in [0.15, 0.2) is 0 Å². The van der Waals surface area contributed by atoms with Crippen LogP contribution in [0.4, 0.5) is 0 Å². The molecule has 2 nitrogen and oxygen atoms in total. The van der Waals surface area contributed by atoms with E-state index in [0.29, 0.717) is 5.75 Å². The highest BCUT2D eigenvalue weighted by Gasteiger charge is 2.11. The molecule has 0 rings (SSSR count). The molecule has 2 atom stereocenters. The van der Waals surface area contributed by atoms with Gasteiger partial charge in [-0.1, -0.05) is 58.3 Å². The highest BCUT2D eigenvalue weighted by Crippen LogP contribution is 2.11. The first-order valence-electron chi connectivity index (χ1n) is 7.23. The molecule has 17 heavy (non-hydrogen) atoms. The summed E-state index contributed by atoms with van der Waals surface area (Å²) < 4.78 is 11.2. The Labute approximate surface area is 110 Å². The van der Waals surface area contributed by atoms with Crippen LogP contribution in [0, 0.1) is 0 Å². The summed E-state index contributed by atoms with van der Waals surface area (Å²) in [7, 11) is 0. The zero-order valence-corrected chi connectivity index (χ0v) is 12.4. The fourth-order valence-electron chi connectivity index (χ4n) is 1.90. The van der Waals surface area contributed by atoms with Crippen molar-refractivity contribution in [2.75, 3.05) is 5.75 Å². The maximum absolute atomic E-state index is 11.2. The molecule has 0 spiro atoms. The van der Waals surface area contributed by atoms with Gasteiger partial charge in [0.2, 0.25) is 5.44 Å². The van der Waals surface area contributed by atoms with Gasteiger partial charge < -0.3 is 9.66 Å². The molecule has 0 aliphatic heterocycles. The van der Waals surface area contributed by atoms with Gasteiger partial charge in [-0.3, -0.25) is 0 Å². The minimum absolute atomic E-state index is 0.659. The monoisotopic (exact) mass is 262 g/mol. The van der Waals surface area contributed by atoms with Crippen molar-refractivity contribution in [3.63, 3.8) is 0 Å². The number of hydrogen-bond acceptors (Lipinski definition) is 2. The van der Waals surface area contributed by atoms with E-state index in [0.717, 1.165) is 12.8 Å². The quantitative estimate of drug-likeness (QED) is 0.427. The van der Waals surface area contributed by atoms with Crippen molar-refractivity contribution in [1.29, 1.82) is 0 Å². The standard InChI is InChI=1S/C14H30O2S/c1-3-4-5-6-7-8-9-10-11-12-13-17(16)14(2)15/h14-15H,3-13H2,1-2H3. The lowest BCUT2D eigenvalue weighted by Gasteiger charge is -2.12. The molecule has 0 aromatic carbocycles. The van der Waals surface area contributed by atoms with E-state index in [4.69, 9.17) is 5.11 Å². The summed E-state index contributed by atoms with van der Waals surface area (Å²) in [4.78, 5) is 0. The summed E-state index contributed by atoms with van der Waals surface area (Å²) in [6, 6.07) is 0. The fraction of sp³-hybridized carbons (Fsp3) is 1.00. The van der Waals surface area contributed by atoms with Gasteiger partial charge in [-0.05, 0) is 24.0 Å². The Morgan fingerprint density at radius 2 is 1.29 bits per heavy atom. The van der Waals surface area contributed by atoms with Gasteiger partial charge in [-0.2, -0.15) is 0 Å². The number of unbranched alkanes of at least 4 members (excludes halogenated alkanes) is 9. The summed E-state index contributed by atoms with van der Waals surface area (Å²) >= 11 is -1.03. The van der Waals surface area contributed by atoms with E-state index in [1.54, 1.807) is 6.92 Å². The zero-order chi connectivity index (χ0) is 12.9. The lowest BCUT2D eigenvalue weighted by atomic mass is 10.1. The molecule has 0 amide bonds. The molecular weight excluding hydrogens is 232 g/mol. The van der Waals surface area contributed by atoms with E-state index >= 15 is 0 Å². The lowest BCUT2D eigenvalue weighted by molar-refractivity contribution is 0.268. The van der Waals surface area contributed by atoms with Crippen LogP contribution >= 0.6 is 0 Å². The van der Waals surface area contributed by atoms with Crippen LogP contribution in [0.2, 0.25) is 0 Å². The SMILES string of the molecule is CCCCCCCCCCCC[S+]([O-])C(C)O. The number of rotatable bonds is 12. The van der Waals surface area contributed by atoms with Gasteiger partial charge in [0.25, 0.3) is 0 Å². The highest BCUT2D eigenvalue weighted by molar-refractivity contribution is 7.91. The molecule has 0 aliphatic rings. The molecule has 0 aromatic heterocycles. The second-order valence-electron chi connectivity index (χ2n) is 4.87. The third-order valence-electron chi connectivity index (χ3n) is 3.08. The Hall–Kier alpha value is 0.270. The van der Waals surface area contributed by atoms with E-state index < -0.39 is 16.6 Å². The van der Waals surface area contributed by atoms with Crippen LogP contribution < -0.4 is 0 Å². The van der Waals surface area contributed by atoms with E-state index in [9.17, 15) is 4.55 Å². The lowest BCUT2D eigenvalue weighted by Crippen LogP contribution is -2.20. The third kappa shape index (κ3) is 12.5. The van der Waals surface area contributed by atoms with Gasteiger partial charge >= 0.3 is 0 Å². The van der Waals surface area contributed by atoms with E-state index in [1.807, 2.05) is 0 Å². The van der Waals surface area contributed by atoms with Gasteiger partial charge in [0.1, 0.15) is 5.75 Å². The number of hydrogen-bond donors (Lipinski definition) is 1. The summed E-state index contributed by atoms with van der Waals surface area (Å²) in [5.74, 6) is 0.661. The number of aliphatic hydroxyl groups is 1. The van der Waals surface area contributed by atoms with Crippen molar-refractivity contribution in [1.82, 2.24) is 0 Å². The minimum atomic E-state index is -1.03. The average molecular weight is 262 g/mol. The molecule has 0 aromatic rings. The van der Waals surface area contributed by atoms with Gasteiger partial charge in [-0.15, -0.1) is 0 Å². The van der Waals surface area contributed by atoms with Crippen molar-refractivity contribution < 1.29 is 9.66 Å². The molecule has 1 N–H and O–H groups in total. The Kier molecular flexibility index (Phi) is 12.9. The average Bonchev–Trinajstić information content (AvgIpc) is 2.31. The number of aliphatic hydroxyl groups excluding tert-OH is 1. The van der Waals surface area contributed by atoms with Crippen molar-refractivity contribution in [3.8, 4) is 0 Å². The van der Waals surface area contributed by atoms with Crippen LogP contribution in [0.25, 0.3) is 0 Å². The molecule has 0 bridgehead atoms. The Balaban J connectivity index is 3.03. The molecule has 2 unspecified atom stereocenters. The van der Waals surface area contributed by atoms with Gasteiger partial charge in [0, 0.05) is 6.92 Å². The van der Waals surface area contributed by atoms with E-state index in [1.165, 1.54) is 51.4 Å². The Morgan fingerprint density at radius 1 is 0.882 bits per heavy atom. The molecule has 0 aliphatic carbocycles. The summed E-state index contributed by atoms with van der Waals surface area (Å²) in [6.07, 6.45) is 12.9. The predicted octanol–water partition coefficient (Wildman–Crippen LogP) is 3.99. The third-order valence-corrected chi connectivity index (χ3v) is 4.53. The second-order valence-corrected chi connectivity index (χ2v) is 6.72. The van der Waals surface area contributed by atoms with Crippen LogP contribution in [0.15, 0.2) is 0 Å². The molecule has 0 fully saturated rings. The van der Waals surface area contributed by atoms with Crippen LogP contribution in [0.5, 0.6) is 0 Å². The Bertz CT molecular complexity index is 151. The zero-order valence-electron chi connectivity index (χ0n) is 11.6. The highest BCUT2D eigenvalue weighted by atomic mass is 32.2. The minimum Gasteiger partial charge on any atom is -0.614 e. The van der Waals surface area contributed by atoms with Crippen molar-refractivity contribution in [3.05, 3.63) is 0 Å². The van der Waals surface area contributed by atoms with Crippen LogP contribution in [-0.2, 0) is 11.2 Å². The largest absolute Gasteiger partial charge is 0.614 e. The van der Waals surface area contributed by atoms with E-state index in [2.05, 4.69) is 6.92 Å². The first kappa shape index (κ1) is 17.3. The van der Waals surface area contributed by atoms with Crippen LogP contribution in [-0.4, -0.2) is 20.8 Å². The topological polar surface area (TPSA) is 43.3 Å². The summed E-state index contributed by atoms with van der Waals surface area (Å²) in [6.45, 7) is 3.85. The van der Waals surface area contributed by atoms with Crippen LogP contribution in [0.3, 0.4) is 0 Å². The predicted molar refractivity (Wildman–Crippen MR) is 76.5 cm³/mol. The summed E-state index contributed by atoms with van der Waals surface area (Å²) in [5, 5.41) is 9.06. The molecular formula is C14H30O2S. The normalized spacial score (nSPS) is 14.8. The maximum atomic E-state index is 11.2. The van der Waals surface area contributed by atoms with E-state index in [-0.39, 0.29) is 0 Å². The van der Waals surface area contributed by atoms with Gasteiger partial charge in [0.05, 0.1) is 0 Å². The Morgan fingerprint density at radius 3 is 1.71 bits per heavy atom. The van der Waals surface area contributed by atoms with Gasteiger partial charge in [-0.25, -0.2) is 0 Å². The van der Waals surface area contributed by atoms with Crippen molar-refractivity contribution >= 4 is 11.2 Å².